The van der Waals surface area contributed by atoms with Crippen LogP contribution in [0.5, 0.6) is 0 Å². The van der Waals surface area contributed by atoms with E-state index in [1.54, 1.807) is 0 Å². The Kier molecular flexibility index (Phi) is 4.68. The van der Waals surface area contributed by atoms with E-state index in [0.717, 1.165) is 18.5 Å². The fourth-order valence-electron chi connectivity index (χ4n) is 1.45. The Balaban J connectivity index is 2.24. The minimum Gasteiger partial charge on any atom is -0.481 e. The lowest BCUT2D eigenvalue weighted by Gasteiger charge is -2.14. The van der Waals surface area contributed by atoms with Gasteiger partial charge in [-0.2, -0.15) is 0 Å². The molecule has 0 heterocycles. The van der Waals surface area contributed by atoms with Crippen molar-refractivity contribution < 1.29 is 9.90 Å². The first-order valence-corrected chi connectivity index (χ1v) is 5.22. The minimum absolute atomic E-state index is 0.251. The van der Waals surface area contributed by atoms with E-state index in [4.69, 9.17) is 5.11 Å². The fraction of sp³-hybridized carbons (Fsp3) is 0.417. The summed E-state index contributed by atoms with van der Waals surface area (Å²) in [6.07, 6.45) is 1.85. The van der Waals surface area contributed by atoms with E-state index in [1.165, 1.54) is 0 Å². The zero-order valence-electron chi connectivity index (χ0n) is 8.94. The maximum Gasteiger partial charge on any atom is 0.303 e. The molecule has 1 aromatic carbocycles. The molecule has 0 aromatic heterocycles. The van der Waals surface area contributed by atoms with Gasteiger partial charge in [0.2, 0.25) is 0 Å². The van der Waals surface area contributed by atoms with Crippen LogP contribution in [0.3, 0.4) is 0 Å². The van der Waals surface area contributed by atoms with Crippen molar-refractivity contribution in [2.45, 2.75) is 32.2 Å². The molecule has 0 spiro atoms. The monoisotopic (exact) mass is 207 g/mol. The molecule has 0 amide bonds. The second-order valence-electron chi connectivity index (χ2n) is 3.70. The van der Waals surface area contributed by atoms with Crippen LogP contribution in [-0.2, 0) is 4.79 Å². The highest BCUT2D eigenvalue weighted by Crippen LogP contribution is 2.10. The molecule has 0 radical (unpaired) electrons. The number of carboxylic acid groups (broad SMARTS) is 1. The molecule has 1 atom stereocenters. The number of anilines is 1. The van der Waals surface area contributed by atoms with Gasteiger partial charge in [-0.25, -0.2) is 0 Å². The molecule has 0 aliphatic rings. The number of hydrogen-bond acceptors (Lipinski definition) is 2. The lowest BCUT2D eigenvalue weighted by atomic mass is 10.1. The first kappa shape index (κ1) is 11.6. The minimum atomic E-state index is -0.720. The maximum absolute atomic E-state index is 10.3. The van der Waals surface area contributed by atoms with Gasteiger partial charge < -0.3 is 10.4 Å². The summed E-state index contributed by atoms with van der Waals surface area (Å²) in [6, 6.07) is 10.3. The van der Waals surface area contributed by atoms with E-state index in [0.29, 0.717) is 6.04 Å². The van der Waals surface area contributed by atoms with Crippen molar-refractivity contribution in [3.8, 4) is 0 Å². The van der Waals surface area contributed by atoms with Crippen molar-refractivity contribution in [1.29, 1.82) is 0 Å². The summed E-state index contributed by atoms with van der Waals surface area (Å²) in [5.41, 5.74) is 1.08. The van der Waals surface area contributed by atoms with Crippen LogP contribution in [0, 0.1) is 0 Å². The lowest BCUT2D eigenvalue weighted by molar-refractivity contribution is -0.137. The van der Waals surface area contributed by atoms with Crippen molar-refractivity contribution in [2.75, 3.05) is 5.32 Å². The number of nitrogens with one attached hydrogen (secondary N) is 1. The standard InChI is InChI=1S/C12H17NO2/c1-10(6-5-9-12(14)15)13-11-7-3-2-4-8-11/h2-4,7-8,10,13H,5-6,9H2,1H3,(H,14,15). The van der Waals surface area contributed by atoms with Crippen molar-refractivity contribution in [1.82, 2.24) is 0 Å². The number of para-hydroxylation sites is 1. The van der Waals surface area contributed by atoms with E-state index in [-0.39, 0.29) is 6.42 Å². The smallest absolute Gasteiger partial charge is 0.303 e. The van der Waals surface area contributed by atoms with Crippen LogP contribution in [0.25, 0.3) is 0 Å². The van der Waals surface area contributed by atoms with Crippen LogP contribution >= 0.6 is 0 Å². The Labute approximate surface area is 90.1 Å². The quantitative estimate of drug-likeness (QED) is 0.754. The van der Waals surface area contributed by atoms with E-state index in [2.05, 4.69) is 12.2 Å². The van der Waals surface area contributed by atoms with Crippen LogP contribution in [-0.4, -0.2) is 17.1 Å². The van der Waals surface area contributed by atoms with Gasteiger partial charge in [0.1, 0.15) is 0 Å². The first-order chi connectivity index (χ1) is 7.18. The second-order valence-corrected chi connectivity index (χ2v) is 3.70. The normalized spacial score (nSPS) is 12.1. The predicted molar refractivity (Wildman–Crippen MR) is 61.0 cm³/mol. The highest BCUT2D eigenvalue weighted by molar-refractivity contribution is 5.66. The Morgan fingerprint density at radius 3 is 2.67 bits per heavy atom. The van der Waals surface area contributed by atoms with Gasteiger partial charge in [-0.1, -0.05) is 18.2 Å². The molecule has 3 nitrogen and oxygen atoms in total. The van der Waals surface area contributed by atoms with Crippen LogP contribution in [0.2, 0.25) is 0 Å². The first-order valence-electron chi connectivity index (χ1n) is 5.22. The number of rotatable bonds is 6. The molecular weight excluding hydrogens is 190 g/mol. The van der Waals surface area contributed by atoms with Gasteiger partial charge in [-0.05, 0) is 31.9 Å². The molecule has 3 heteroatoms. The Morgan fingerprint density at radius 2 is 2.07 bits per heavy atom. The number of aliphatic carboxylic acids is 1. The second kappa shape index (κ2) is 6.06. The fourth-order valence-corrected chi connectivity index (χ4v) is 1.45. The Morgan fingerprint density at radius 1 is 1.40 bits per heavy atom. The van der Waals surface area contributed by atoms with Gasteiger partial charge in [0, 0.05) is 18.2 Å². The SMILES string of the molecule is CC(CCCC(=O)O)Nc1ccccc1. The van der Waals surface area contributed by atoms with Gasteiger partial charge >= 0.3 is 5.97 Å². The molecule has 2 N–H and O–H groups in total. The topological polar surface area (TPSA) is 49.3 Å². The highest BCUT2D eigenvalue weighted by atomic mass is 16.4. The molecule has 0 saturated heterocycles. The average Bonchev–Trinajstić information content (AvgIpc) is 2.18. The van der Waals surface area contributed by atoms with Crippen molar-refractivity contribution in [2.24, 2.45) is 0 Å². The van der Waals surface area contributed by atoms with Crippen molar-refractivity contribution in [3.63, 3.8) is 0 Å². The number of benzene rings is 1. The van der Waals surface area contributed by atoms with Crippen LogP contribution in [0.1, 0.15) is 26.2 Å². The molecule has 1 unspecified atom stereocenters. The van der Waals surface area contributed by atoms with E-state index in [1.807, 2.05) is 30.3 Å². The average molecular weight is 207 g/mol. The number of carboxylic acids is 1. The van der Waals surface area contributed by atoms with Gasteiger partial charge in [-0.15, -0.1) is 0 Å². The summed E-state index contributed by atoms with van der Waals surface area (Å²) >= 11 is 0. The molecule has 0 saturated carbocycles. The van der Waals surface area contributed by atoms with Crippen LogP contribution < -0.4 is 5.32 Å². The molecular formula is C12H17NO2. The molecule has 0 aliphatic carbocycles. The molecule has 0 bridgehead atoms. The maximum atomic E-state index is 10.3. The number of carbonyl (C=O) groups is 1. The van der Waals surface area contributed by atoms with E-state index < -0.39 is 5.97 Å². The van der Waals surface area contributed by atoms with Gasteiger partial charge in [0.05, 0.1) is 0 Å². The Hall–Kier alpha value is -1.51. The predicted octanol–water partition coefficient (Wildman–Crippen LogP) is 2.74. The molecule has 1 aromatic rings. The summed E-state index contributed by atoms with van der Waals surface area (Å²) in [5.74, 6) is -0.720. The summed E-state index contributed by atoms with van der Waals surface area (Å²) in [6.45, 7) is 2.06. The van der Waals surface area contributed by atoms with Crippen LogP contribution in [0.15, 0.2) is 30.3 Å². The van der Waals surface area contributed by atoms with E-state index >= 15 is 0 Å². The zero-order valence-corrected chi connectivity index (χ0v) is 8.94. The van der Waals surface area contributed by atoms with Crippen molar-refractivity contribution >= 4 is 11.7 Å². The van der Waals surface area contributed by atoms with Gasteiger partial charge in [0.15, 0.2) is 0 Å². The van der Waals surface area contributed by atoms with Gasteiger partial charge in [-0.3, -0.25) is 4.79 Å². The summed E-state index contributed by atoms with van der Waals surface area (Å²) < 4.78 is 0. The Bertz CT molecular complexity index is 298. The molecule has 1 rings (SSSR count). The van der Waals surface area contributed by atoms with Crippen LogP contribution in [0.4, 0.5) is 5.69 Å². The third kappa shape index (κ3) is 5.05. The molecule has 0 fully saturated rings. The molecule has 82 valence electrons. The molecule has 15 heavy (non-hydrogen) atoms. The highest BCUT2D eigenvalue weighted by Gasteiger charge is 2.03. The van der Waals surface area contributed by atoms with E-state index in [9.17, 15) is 4.79 Å². The number of hydrogen-bond donors (Lipinski definition) is 2. The third-order valence-corrected chi connectivity index (χ3v) is 2.21. The third-order valence-electron chi connectivity index (χ3n) is 2.21. The summed E-state index contributed by atoms with van der Waals surface area (Å²) in [5, 5.41) is 11.8. The zero-order chi connectivity index (χ0) is 11.1. The molecule has 0 aliphatic heterocycles. The summed E-state index contributed by atoms with van der Waals surface area (Å²) in [4.78, 5) is 10.3. The summed E-state index contributed by atoms with van der Waals surface area (Å²) in [7, 11) is 0. The lowest BCUT2D eigenvalue weighted by Crippen LogP contribution is -2.15. The van der Waals surface area contributed by atoms with Gasteiger partial charge in [0.25, 0.3) is 0 Å². The van der Waals surface area contributed by atoms with Crippen molar-refractivity contribution in [3.05, 3.63) is 30.3 Å². The largest absolute Gasteiger partial charge is 0.481 e.